The number of thiophene rings is 1. The molecule has 0 radical (unpaired) electrons. The normalized spacial score (nSPS) is 26.8. The predicted molar refractivity (Wildman–Crippen MR) is 74.7 cm³/mol. The summed E-state index contributed by atoms with van der Waals surface area (Å²) in [5.74, 6) is 2.15. The van der Waals surface area contributed by atoms with Gasteiger partial charge in [-0.15, -0.1) is 11.3 Å². The molecule has 1 saturated carbocycles. The van der Waals surface area contributed by atoms with Gasteiger partial charge in [-0.25, -0.2) is 0 Å². The zero-order valence-electron chi connectivity index (χ0n) is 9.04. The number of thioether (sulfide) groups is 1. The van der Waals surface area contributed by atoms with Crippen molar-refractivity contribution < 1.29 is 0 Å². The van der Waals surface area contributed by atoms with Crippen molar-refractivity contribution in [2.75, 3.05) is 0 Å². The van der Waals surface area contributed by atoms with Crippen molar-refractivity contribution in [3.05, 3.63) is 20.8 Å². The van der Waals surface area contributed by atoms with Crippen LogP contribution in [-0.4, -0.2) is 5.25 Å². The average Bonchev–Trinajstić information content (AvgIpc) is 2.62. The maximum absolute atomic E-state index is 3.51. The lowest BCUT2D eigenvalue weighted by molar-refractivity contribution is 0.394. The largest absolute Gasteiger partial charge is 0.153 e. The highest BCUT2D eigenvalue weighted by atomic mass is 79.9. The average molecular weight is 305 g/mol. The molecule has 1 heterocycles. The van der Waals surface area contributed by atoms with E-state index in [1.165, 1.54) is 40.8 Å². The number of rotatable bonds is 3. The second-order valence-electron chi connectivity index (χ2n) is 4.44. The zero-order valence-corrected chi connectivity index (χ0v) is 12.3. The second-order valence-corrected chi connectivity index (χ2v) is 7.64. The minimum absolute atomic E-state index is 0.912. The molecule has 2 rings (SSSR count). The summed E-state index contributed by atoms with van der Waals surface area (Å²) in [5, 5.41) is 3.09. The van der Waals surface area contributed by atoms with Crippen molar-refractivity contribution in [2.45, 2.75) is 43.6 Å². The Morgan fingerprint density at radius 1 is 1.53 bits per heavy atom. The molecule has 3 heteroatoms. The first-order chi connectivity index (χ1) is 7.24. The number of hydrogen-bond donors (Lipinski definition) is 0. The summed E-state index contributed by atoms with van der Waals surface area (Å²) >= 11 is 7.54. The van der Waals surface area contributed by atoms with Gasteiger partial charge in [-0.05, 0) is 40.8 Å². The molecule has 0 spiro atoms. The zero-order chi connectivity index (χ0) is 10.7. The predicted octanol–water partition coefficient (Wildman–Crippen LogP) is 5.32. The van der Waals surface area contributed by atoms with Gasteiger partial charge in [0, 0.05) is 25.7 Å². The van der Waals surface area contributed by atoms with Gasteiger partial charge in [-0.2, -0.15) is 11.8 Å². The fourth-order valence-corrected chi connectivity index (χ4v) is 5.15. The SMILES string of the molecule is CC1CCCC(SCc2cc(Br)cs2)C1. The van der Waals surface area contributed by atoms with Crippen molar-refractivity contribution in [3.8, 4) is 0 Å². The molecule has 2 atom stereocenters. The van der Waals surface area contributed by atoms with Gasteiger partial charge in [-0.1, -0.05) is 19.8 Å². The Bertz CT molecular complexity index is 308. The molecular formula is C12H17BrS2. The van der Waals surface area contributed by atoms with E-state index < -0.39 is 0 Å². The Morgan fingerprint density at radius 2 is 2.40 bits per heavy atom. The number of halogens is 1. The highest BCUT2D eigenvalue weighted by molar-refractivity contribution is 9.10. The van der Waals surface area contributed by atoms with Crippen molar-refractivity contribution in [3.63, 3.8) is 0 Å². The van der Waals surface area contributed by atoms with E-state index >= 15 is 0 Å². The highest BCUT2D eigenvalue weighted by Gasteiger charge is 2.19. The summed E-state index contributed by atoms with van der Waals surface area (Å²) in [5.41, 5.74) is 0. The monoisotopic (exact) mass is 304 g/mol. The van der Waals surface area contributed by atoms with Crippen LogP contribution in [0.5, 0.6) is 0 Å². The van der Waals surface area contributed by atoms with Gasteiger partial charge in [0.15, 0.2) is 0 Å². The van der Waals surface area contributed by atoms with E-state index in [0.29, 0.717) is 0 Å². The molecule has 1 aromatic heterocycles. The summed E-state index contributed by atoms with van der Waals surface area (Å²) in [6.07, 6.45) is 5.74. The van der Waals surface area contributed by atoms with Crippen molar-refractivity contribution in [1.82, 2.24) is 0 Å². The van der Waals surface area contributed by atoms with Crippen LogP contribution in [0.4, 0.5) is 0 Å². The first-order valence-corrected chi connectivity index (χ1v) is 8.30. The van der Waals surface area contributed by atoms with Gasteiger partial charge in [-0.3, -0.25) is 0 Å². The van der Waals surface area contributed by atoms with E-state index in [2.05, 4.69) is 46.1 Å². The molecule has 0 aliphatic heterocycles. The lowest BCUT2D eigenvalue weighted by Crippen LogP contribution is -2.15. The second kappa shape index (κ2) is 5.74. The molecular weight excluding hydrogens is 288 g/mol. The van der Waals surface area contributed by atoms with E-state index in [9.17, 15) is 0 Å². The third-order valence-electron chi connectivity index (χ3n) is 2.97. The highest BCUT2D eigenvalue weighted by Crippen LogP contribution is 2.34. The molecule has 1 fully saturated rings. The van der Waals surface area contributed by atoms with E-state index in [4.69, 9.17) is 0 Å². The van der Waals surface area contributed by atoms with Crippen LogP contribution in [0.25, 0.3) is 0 Å². The van der Waals surface area contributed by atoms with Crippen LogP contribution in [-0.2, 0) is 5.75 Å². The maximum atomic E-state index is 3.51. The van der Waals surface area contributed by atoms with Gasteiger partial charge in [0.1, 0.15) is 0 Å². The van der Waals surface area contributed by atoms with Crippen LogP contribution in [0.15, 0.2) is 15.9 Å². The Morgan fingerprint density at radius 3 is 3.07 bits per heavy atom. The molecule has 2 unspecified atom stereocenters. The molecule has 0 bridgehead atoms. The molecule has 15 heavy (non-hydrogen) atoms. The Labute approximate surface area is 109 Å². The van der Waals surface area contributed by atoms with Crippen LogP contribution in [0.3, 0.4) is 0 Å². The van der Waals surface area contributed by atoms with Gasteiger partial charge in [0.25, 0.3) is 0 Å². The van der Waals surface area contributed by atoms with Crippen LogP contribution < -0.4 is 0 Å². The maximum Gasteiger partial charge on any atom is 0.0285 e. The van der Waals surface area contributed by atoms with Crippen LogP contribution >= 0.6 is 39.0 Å². The van der Waals surface area contributed by atoms with Crippen molar-refractivity contribution in [2.24, 2.45) is 5.92 Å². The topological polar surface area (TPSA) is 0 Å². The van der Waals surface area contributed by atoms with Crippen LogP contribution in [0.1, 0.15) is 37.5 Å². The molecule has 0 saturated heterocycles. The smallest absolute Gasteiger partial charge is 0.0285 e. The number of hydrogen-bond acceptors (Lipinski definition) is 2. The van der Waals surface area contributed by atoms with Crippen molar-refractivity contribution in [1.29, 1.82) is 0 Å². The Kier molecular flexibility index (Phi) is 4.59. The third-order valence-corrected chi connectivity index (χ3v) is 6.23. The first-order valence-electron chi connectivity index (χ1n) is 5.58. The molecule has 0 aromatic carbocycles. The molecule has 1 aliphatic carbocycles. The lowest BCUT2D eigenvalue weighted by Gasteiger charge is -2.25. The summed E-state index contributed by atoms with van der Waals surface area (Å²) in [6, 6.07) is 2.25. The minimum atomic E-state index is 0.912. The molecule has 0 amide bonds. The van der Waals surface area contributed by atoms with Crippen LogP contribution in [0.2, 0.25) is 0 Å². The standard InChI is InChI=1S/C12H17BrS2/c1-9-3-2-4-11(5-9)15-8-12-6-10(13)7-14-12/h6-7,9,11H,2-5,8H2,1H3. The minimum Gasteiger partial charge on any atom is -0.153 e. The molecule has 0 N–H and O–H groups in total. The molecule has 0 nitrogen and oxygen atoms in total. The fraction of sp³-hybridized carbons (Fsp3) is 0.667. The Hall–Kier alpha value is 0.530. The van der Waals surface area contributed by atoms with Gasteiger partial charge < -0.3 is 0 Å². The summed E-state index contributed by atoms with van der Waals surface area (Å²) in [4.78, 5) is 1.50. The quantitative estimate of drug-likeness (QED) is 0.728. The lowest BCUT2D eigenvalue weighted by atomic mass is 9.91. The van der Waals surface area contributed by atoms with E-state index in [0.717, 1.165) is 11.2 Å². The van der Waals surface area contributed by atoms with E-state index in [1.54, 1.807) is 0 Å². The van der Waals surface area contributed by atoms with E-state index in [-0.39, 0.29) is 0 Å². The van der Waals surface area contributed by atoms with Gasteiger partial charge in [0.2, 0.25) is 0 Å². The Balaban J connectivity index is 1.77. The fourth-order valence-electron chi connectivity index (χ4n) is 2.16. The summed E-state index contributed by atoms with van der Waals surface area (Å²) in [6.45, 7) is 2.40. The molecule has 1 aliphatic rings. The first kappa shape index (κ1) is 12.0. The van der Waals surface area contributed by atoms with Crippen LogP contribution in [0, 0.1) is 5.92 Å². The third kappa shape index (κ3) is 3.79. The van der Waals surface area contributed by atoms with Gasteiger partial charge >= 0.3 is 0 Å². The summed E-state index contributed by atoms with van der Waals surface area (Å²) < 4.78 is 1.24. The van der Waals surface area contributed by atoms with E-state index in [1.807, 2.05) is 11.3 Å². The summed E-state index contributed by atoms with van der Waals surface area (Å²) in [7, 11) is 0. The van der Waals surface area contributed by atoms with Crippen molar-refractivity contribution >= 4 is 39.0 Å². The molecule has 1 aromatic rings. The van der Waals surface area contributed by atoms with Gasteiger partial charge in [0.05, 0.1) is 0 Å². The molecule has 84 valence electrons.